The molecule has 0 aliphatic rings. The van der Waals surface area contributed by atoms with Crippen LogP contribution in [0.25, 0.3) is 0 Å². The van der Waals surface area contributed by atoms with Gasteiger partial charge in [-0.2, -0.15) is 5.26 Å². The van der Waals surface area contributed by atoms with E-state index in [0.29, 0.717) is 13.2 Å². The Kier molecular flexibility index (Phi) is 8.40. The van der Waals surface area contributed by atoms with Gasteiger partial charge in [0.25, 0.3) is 0 Å². The standard InChI is InChI=1S/C14H26N2O2/c1-5-16(11-13(17)18-6-2)10-8-7-9-14(3,4)12-15/h5-11H2,1-4H3. The van der Waals surface area contributed by atoms with Crippen LogP contribution in [0, 0.1) is 16.7 Å². The SMILES string of the molecule is CCOC(=O)CN(CC)CCCCC(C)(C)C#N. The lowest BCUT2D eigenvalue weighted by Crippen LogP contribution is -2.31. The minimum Gasteiger partial charge on any atom is -0.465 e. The number of hydrogen-bond donors (Lipinski definition) is 0. The summed E-state index contributed by atoms with van der Waals surface area (Å²) in [7, 11) is 0. The average molecular weight is 254 g/mol. The summed E-state index contributed by atoms with van der Waals surface area (Å²) in [6.45, 7) is 10.3. The van der Waals surface area contributed by atoms with E-state index < -0.39 is 0 Å². The number of hydrogen-bond acceptors (Lipinski definition) is 4. The fourth-order valence-electron chi connectivity index (χ4n) is 1.70. The van der Waals surface area contributed by atoms with Crippen molar-refractivity contribution in [2.75, 3.05) is 26.2 Å². The van der Waals surface area contributed by atoms with E-state index >= 15 is 0 Å². The summed E-state index contributed by atoms with van der Waals surface area (Å²) in [6, 6.07) is 2.30. The second kappa shape index (κ2) is 8.93. The lowest BCUT2D eigenvalue weighted by molar-refractivity contribution is -0.144. The van der Waals surface area contributed by atoms with Crippen molar-refractivity contribution in [3.05, 3.63) is 0 Å². The highest BCUT2D eigenvalue weighted by Crippen LogP contribution is 2.21. The van der Waals surface area contributed by atoms with Crippen molar-refractivity contribution < 1.29 is 9.53 Å². The molecule has 0 rings (SSSR count). The van der Waals surface area contributed by atoms with Gasteiger partial charge in [0.15, 0.2) is 0 Å². The third-order valence-electron chi connectivity index (χ3n) is 2.93. The van der Waals surface area contributed by atoms with Crippen LogP contribution in [-0.2, 0) is 9.53 Å². The monoisotopic (exact) mass is 254 g/mol. The zero-order chi connectivity index (χ0) is 14.0. The summed E-state index contributed by atoms with van der Waals surface area (Å²) in [4.78, 5) is 13.4. The minimum atomic E-state index is -0.238. The van der Waals surface area contributed by atoms with E-state index in [-0.39, 0.29) is 11.4 Å². The average Bonchev–Trinajstić information content (AvgIpc) is 2.33. The van der Waals surface area contributed by atoms with E-state index in [1.54, 1.807) is 0 Å². The first-order valence-corrected chi connectivity index (χ1v) is 6.74. The first kappa shape index (κ1) is 16.9. The van der Waals surface area contributed by atoms with Crippen LogP contribution >= 0.6 is 0 Å². The number of likely N-dealkylation sites (N-methyl/N-ethyl adjacent to an activating group) is 1. The first-order valence-electron chi connectivity index (χ1n) is 6.74. The molecular formula is C14H26N2O2. The largest absolute Gasteiger partial charge is 0.465 e. The molecule has 0 bridgehead atoms. The Morgan fingerprint density at radius 1 is 1.33 bits per heavy atom. The Bertz CT molecular complexity index is 282. The van der Waals surface area contributed by atoms with Crippen molar-refractivity contribution in [3.8, 4) is 6.07 Å². The second-order valence-electron chi connectivity index (χ2n) is 5.13. The quantitative estimate of drug-likeness (QED) is 0.469. The van der Waals surface area contributed by atoms with Crippen LogP contribution < -0.4 is 0 Å². The Morgan fingerprint density at radius 3 is 2.50 bits per heavy atom. The Labute approximate surface area is 111 Å². The van der Waals surface area contributed by atoms with Crippen molar-refractivity contribution in [3.63, 3.8) is 0 Å². The number of ether oxygens (including phenoxy) is 1. The van der Waals surface area contributed by atoms with Gasteiger partial charge in [0.05, 0.1) is 24.6 Å². The summed E-state index contributed by atoms with van der Waals surface area (Å²) < 4.78 is 4.93. The van der Waals surface area contributed by atoms with Gasteiger partial charge in [0, 0.05) is 0 Å². The van der Waals surface area contributed by atoms with Gasteiger partial charge in [-0.25, -0.2) is 0 Å². The van der Waals surface area contributed by atoms with Crippen molar-refractivity contribution in [2.45, 2.75) is 47.0 Å². The van der Waals surface area contributed by atoms with Crippen molar-refractivity contribution >= 4 is 5.97 Å². The second-order valence-corrected chi connectivity index (χ2v) is 5.13. The summed E-state index contributed by atoms with van der Waals surface area (Å²) >= 11 is 0. The Balaban J connectivity index is 3.82. The molecule has 0 unspecified atom stereocenters. The van der Waals surface area contributed by atoms with E-state index in [9.17, 15) is 4.79 Å². The number of unbranched alkanes of at least 4 members (excludes halogenated alkanes) is 1. The highest BCUT2D eigenvalue weighted by molar-refractivity contribution is 5.71. The molecule has 0 spiro atoms. The zero-order valence-electron chi connectivity index (χ0n) is 12.2. The molecule has 0 aromatic heterocycles. The molecule has 0 heterocycles. The van der Waals surface area contributed by atoms with Gasteiger partial charge in [0.2, 0.25) is 0 Å². The lowest BCUT2D eigenvalue weighted by atomic mass is 9.89. The Hall–Kier alpha value is -1.08. The van der Waals surface area contributed by atoms with E-state index in [4.69, 9.17) is 10.00 Å². The lowest BCUT2D eigenvalue weighted by Gasteiger charge is -2.20. The number of esters is 1. The molecule has 0 N–H and O–H groups in total. The maximum atomic E-state index is 11.3. The summed E-state index contributed by atoms with van der Waals surface area (Å²) in [6.07, 6.45) is 2.93. The van der Waals surface area contributed by atoms with Crippen LogP contribution in [0.3, 0.4) is 0 Å². The topological polar surface area (TPSA) is 53.3 Å². The van der Waals surface area contributed by atoms with Crippen LogP contribution in [0.2, 0.25) is 0 Å². The molecule has 4 nitrogen and oxygen atoms in total. The number of carbonyl (C=O) groups is 1. The van der Waals surface area contributed by atoms with Gasteiger partial charge >= 0.3 is 5.97 Å². The molecule has 0 amide bonds. The van der Waals surface area contributed by atoms with Crippen molar-refractivity contribution in [1.29, 1.82) is 5.26 Å². The predicted octanol–water partition coefficient (Wildman–Crippen LogP) is 2.59. The van der Waals surface area contributed by atoms with Gasteiger partial charge in [-0.15, -0.1) is 0 Å². The van der Waals surface area contributed by atoms with Crippen molar-refractivity contribution in [1.82, 2.24) is 4.90 Å². The smallest absolute Gasteiger partial charge is 0.320 e. The van der Waals surface area contributed by atoms with Gasteiger partial charge in [-0.05, 0) is 46.7 Å². The number of nitrogens with zero attached hydrogens (tertiary/aromatic N) is 2. The molecule has 0 radical (unpaired) electrons. The highest BCUT2D eigenvalue weighted by atomic mass is 16.5. The molecule has 4 heteroatoms. The maximum absolute atomic E-state index is 11.3. The molecule has 0 aromatic rings. The van der Waals surface area contributed by atoms with Crippen LogP contribution in [0.1, 0.15) is 47.0 Å². The number of rotatable bonds is 9. The normalized spacial score (nSPS) is 11.3. The van der Waals surface area contributed by atoms with E-state index in [0.717, 1.165) is 32.4 Å². The van der Waals surface area contributed by atoms with Gasteiger partial charge < -0.3 is 4.74 Å². The summed E-state index contributed by atoms with van der Waals surface area (Å²) in [5.41, 5.74) is -0.238. The van der Waals surface area contributed by atoms with Gasteiger partial charge in [-0.1, -0.05) is 13.3 Å². The Morgan fingerprint density at radius 2 is 2.00 bits per heavy atom. The minimum absolute atomic E-state index is 0.156. The fourth-order valence-corrected chi connectivity index (χ4v) is 1.70. The molecule has 18 heavy (non-hydrogen) atoms. The molecular weight excluding hydrogens is 228 g/mol. The first-order chi connectivity index (χ1) is 8.45. The molecule has 0 fully saturated rings. The third-order valence-corrected chi connectivity index (χ3v) is 2.93. The van der Waals surface area contributed by atoms with E-state index in [1.807, 2.05) is 27.7 Å². The van der Waals surface area contributed by atoms with Crippen molar-refractivity contribution in [2.24, 2.45) is 5.41 Å². The van der Waals surface area contributed by atoms with E-state index in [2.05, 4.69) is 11.0 Å². The molecule has 0 aliphatic carbocycles. The molecule has 104 valence electrons. The summed E-state index contributed by atoms with van der Waals surface area (Å²) in [5.74, 6) is -0.156. The zero-order valence-corrected chi connectivity index (χ0v) is 12.2. The fraction of sp³-hybridized carbons (Fsp3) is 0.857. The van der Waals surface area contributed by atoms with Crippen LogP contribution in [0.5, 0.6) is 0 Å². The third kappa shape index (κ3) is 8.08. The number of nitriles is 1. The van der Waals surface area contributed by atoms with E-state index in [1.165, 1.54) is 0 Å². The number of carbonyl (C=O) groups excluding carboxylic acids is 1. The van der Waals surface area contributed by atoms with Crippen LogP contribution in [0.4, 0.5) is 0 Å². The molecule has 0 saturated carbocycles. The molecule has 0 atom stereocenters. The maximum Gasteiger partial charge on any atom is 0.320 e. The van der Waals surface area contributed by atoms with Crippen LogP contribution in [-0.4, -0.2) is 37.1 Å². The van der Waals surface area contributed by atoms with Gasteiger partial charge in [0.1, 0.15) is 0 Å². The highest BCUT2D eigenvalue weighted by Gasteiger charge is 2.16. The molecule has 0 aromatic carbocycles. The van der Waals surface area contributed by atoms with Crippen LogP contribution in [0.15, 0.2) is 0 Å². The molecule has 0 saturated heterocycles. The van der Waals surface area contributed by atoms with Gasteiger partial charge in [-0.3, -0.25) is 9.69 Å². The predicted molar refractivity (Wildman–Crippen MR) is 72.0 cm³/mol. The molecule has 0 aliphatic heterocycles. The summed E-state index contributed by atoms with van der Waals surface area (Å²) in [5, 5.41) is 8.91.